The quantitative estimate of drug-likeness (QED) is 0.853. The van der Waals surface area contributed by atoms with Crippen LogP contribution in [0.4, 0.5) is 4.39 Å². The summed E-state index contributed by atoms with van der Waals surface area (Å²) in [5.41, 5.74) is 5.26. The molecule has 4 nitrogen and oxygen atoms in total. The molecule has 1 aromatic rings. The zero-order chi connectivity index (χ0) is 14.8. The predicted octanol–water partition coefficient (Wildman–Crippen LogP) is 2.12. The third-order valence-corrected chi connectivity index (χ3v) is 2.53. The number of hydrogen-bond acceptors (Lipinski definition) is 3. The van der Waals surface area contributed by atoms with Crippen molar-refractivity contribution in [1.29, 1.82) is 0 Å². The van der Waals surface area contributed by atoms with Crippen LogP contribution in [0.3, 0.4) is 0 Å². The van der Waals surface area contributed by atoms with Crippen LogP contribution in [0, 0.1) is 12.7 Å². The molecular weight excluding hydrogens is 249 g/mol. The average Bonchev–Trinajstić information content (AvgIpc) is 2.19. The van der Waals surface area contributed by atoms with E-state index in [0.717, 1.165) is 6.07 Å². The molecule has 0 heterocycles. The van der Waals surface area contributed by atoms with Gasteiger partial charge in [0, 0.05) is 0 Å². The molecule has 0 aliphatic carbocycles. The molecule has 104 valence electrons. The second-order valence-corrected chi connectivity index (χ2v) is 5.33. The Morgan fingerprint density at radius 3 is 2.37 bits per heavy atom. The summed E-state index contributed by atoms with van der Waals surface area (Å²) in [6.45, 7) is 6.84. The van der Waals surface area contributed by atoms with Crippen molar-refractivity contribution < 1.29 is 18.7 Å². The van der Waals surface area contributed by atoms with Gasteiger partial charge in [-0.25, -0.2) is 4.39 Å². The number of primary amides is 1. The monoisotopic (exact) mass is 267 g/mol. The summed E-state index contributed by atoms with van der Waals surface area (Å²) < 4.78 is 18.7. The van der Waals surface area contributed by atoms with Gasteiger partial charge >= 0.3 is 5.97 Å². The fourth-order valence-corrected chi connectivity index (χ4v) is 1.75. The Kier molecular flexibility index (Phi) is 4.29. The van der Waals surface area contributed by atoms with Crippen molar-refractivity contribution >= 4 is 11.9 Å². The van der Waals surface area contributed by atoms with Crippen LogP contribution in [0.1, 0.15) is 42.3 Å². The topological polar surface area (TPSA) is 69.4 Å². The Balaban J connectivity index is 3.01. The molecule has 0 bridgehead atoms. The summed E-state index contributed by atoms with van der Waals surface area (Å²) in [4.78, 5) is 22.9. The van der Waals surface area contributed by atoms with Crippen LogP contribution < -0.4 is 5.73 Å². The molecule has 2 N–H and O–H groups in total. The van der Waals surface area contributed by atoms with Crippen molar-refractivity contribution in [3.05, 3.63) is 34.6 Å². The van der Waals surface area contributed by atoms with E-state index in [9.17, 15) is 14.0 Å². The molecule has 0 aromatic heterocycles. The maximum absolute atomic E-state index is 13.5. The van der Waals surface area contributed by atoms with Crippen molar-refractivity contribution in [1.82, 2.24) is 0 Å². The lowest BCUT2D eigenvalue weighted by Crippen LogP contribution is -2.25. The SMILES string of the molecule is Cc1c(CC(=O)OC(C)(C)C)ccc(F)c1C(N)=O. The zero-order valence-electron chi connectivity index (χ0n) is 11.5. The lowest BCUT2D eigenvalue weighted by molar-refractivity contribution is -0.153. The molecular formula is C14H18FNO3. The molecule has 1 aromatic carbocycles. The fraction of sp³-hybridized carbons (Fsp3) is 0.429. The van der Waals surface area contributed by atoms with Crippen molar-refractivity contribution in [2.45, 2.75) is 39.7 Å². The number of amides is 1. The van der Waals surface area contributed by atoms with Crippen molar-refractivity contribution in [2.24, 2.45) is 5.73 Å². The lowest BCUT2D eigenvalue weighted by Gasteiger charge is -2.20. The van der Waals surface area contributed by atoms with E-state index in [1.807, 2.05) is 0 Å². The normalized spacial score (nSPS) is 11.2. The largest absolute Gasteiger partial charge is 0.460 e. The Bertz CT molecular complexity index is 518. The van der Waals surface area contributed by atoms with Crippen LogP contribution in [0.25, 0.3) is 0 Å². The van der Waals surface area contributed by atoms with E-state index in [0.29, 0.717) is 11.1 Å². The third kappa shape index (κ3) is 4.05. The maximum Gasteiger partial charge on any atom is 0.310 e. The second-order valence-electron chi connectivity index (χ2n) is 5.33. The minimum Gasteiger partial charge on any atom is -0.460 e. The molecule has 0 saturated carbocycles. The standard InChI is InChI=1S/C14H18FNO3/c1-8-9(7-11(17)19-14(2,3)4)5-6-10(15)12(8)13(16)18/h5-6H,7H2,1-4H3,(H2,16,18). The van der Waals surface area contributed by atoms with Gasteiger partial charge in [0.15, 0.2) is 0 Å². The molecule has 0 aliphatic rings. The summed E-state index contributed by atoms with van der Waals surface area (Å²) in [6.07, 6.45) is -0.0241. The van der Waals surface area contributed by atoms with E-state index in [2.05, 4.69) is 0 Å². The summed E-state index contributed by atoms with van der Waals surface area (Å²) in [6, 6.07) is 2.59. The molecule has 0 unspecified atom stereocenters. The third-order valence-electron chi connectivity index (χ3n) is 2.53. The van der Waals surface area contributed by atoms with Gasteiger partial charge in [-0.1, -0.05) is 6.07 Å². The van der Waals surface area contributed by atoms with Crippen LogP contribution in [-0.4, -0.2) is 17.5 Å². The number of carbonyl (C=O) groups is 2. The van der Waals surface area contributed by atoms with Gasteiger partial charge in [0.25, 0.3) is 5.91 Å². The van der Waals surface area contributed by atoms with Crippen LogP contribution in [-0.2, 0) is 16.0 Å². The van der Waals surface area contributed by atoms with Crippen molar-refractivity contribution in [3.63, 3.8) is 0 Å². The summed E-state index contributed by atoms with van der Waals surface area (Å²) in [5.74, 6) is -1.96. The van der Waals surface area contributed by atoms with Crippen LogP contribution in [0.2, 0.25) is 0 Å². The predicted molar refractivity (Wildman–Crippen MR) is 69.2 cm³/mol. The molecule has 19 heavy (non-hydrogen) atoms. The molecule has 0 aliphatic heterocycles. The van der Waals surface area contributed by atoms with Gasteiger partial charge < -0.3 is 10.5 Å². The van der Waals surface area contributed by atoms with Gasteiger partial charge in [-0.05, 0) is 44.9 Å². The van der Waals surface area contributed by atoms with Gasteiger partial charge in [0.2, 0.25) is 0 Å². The first kappa shape index (κ1) is 15.1. The van der Waals surface area contributed by atoms with E-state index in [-0.39, 0.29) is 12.0 Å². The van der Waals surface area contributed by atoms with Gasteiger partial charge in [-0.2, -0.15) is 0 Å². The van der Waals surface area contributed by atoms with E-state index >= 15 is 0 Å². The first-order valence-corrected chi connectivity index (χ1v) is 5.91. The number of nitrogens with two attached hydrogens (primary N) is 1. The van der Waals surface area contributed by atoms with Crippen LogP contribution >= 0.6 is 0 Å². The van der Waals surface area contributed by atoms with Crippen LogP contribution in [0.15, 0.2) is 12.1 Å². The molecule has 0 saturated heterocycles. The smallest absolute Gasteiger partial charge is 0.310 e. The van der Waals surface area contributed by atoms with E-state index in [4.69, 9.17) is 10.5 Å². The molecule has 5 heteroatoms. The number of hydrogen-bond donors (Lipinski definition) is 1. The molecule has 0 fully saturated rings. The Morgan fingerprint density at radius 2 is 1.89 bits per heavy atom. The summed E-state index contributed by atoms with van der Waals surface area (Å²) in [7, 11) is 0. The van der Waals surface area contributed by atoms with Gasteiger partial charge in [-0.15, -0.1) is 0 Å². The highest BCUT2D eigenvalue weighted by atomic mass is 19.1. The summed E-state index contributed by atoms with van der Waals surface area (Å²) >= 11 is 0. The van der Waals surface area contributed by atoms with Gasteiger partial charge in [0.05, 0.1) is 12.0 Å². The average molecular weight is 267 g/mol. The maximum atomic E-state index is 13.5. The Hall–Kier alpha value is -1.91. The fourth-order valence-electron chi connectivity index (χ4n) is 1.75. The molecule has 0 radical (unpaired) electrons. The minimum absolute atomic E-state index is 0.0241. The first-order chi connectivity index (χ1) is 8.61. The second kappa shape index (κ2) is 5.38. The van der Waals surface area contributed by atoms with E-state index in [1.165, 1.54) is 6.07 Å². The number of halogens is 1. The number of carbonyl (C=O) groups excluding carboxylic acids is 2. The zero-order valence-corrected chi connectivity index (χ0v) is 11.5. The Morgan fingerprint density at radius 1 is 1.32 bits per heavy atom. The van der Waals surface area contributed by atoms with Crippen LogP contribution in [0.5, 0.6) is 0 Å². The number of esters is 1. The molecule has 1 amide bonds. The highest BCUT2D eigenvalue weighted by Gasteiger charge is 2.20. The first-order valence-electron chi connectivity index (χ1n) is 5.91. The number of ether oxygens (including phenoxy) is 1. The van der Waals surface area contributed by atoms with E-state index < -0.39 is 23.3 Å². The Labute approximate surface area is 111 Å². The lowest BCUT2D eigenvalue weighted by atomic mass is 9.99. The van der Waals surface area contributed by atoms with Crippen molar-refractivity contribution in [3.8, 4) is 0 Å². The number of rotatable bonds is 3. The van der Waals surface area contributed by atoms with Crippen molar-refractivity contribution in [2.75, 3.05) is 0 Å². The van der Waals surface area contributed by atoms with Gasteiger partial charge in [-0.3, -0.25) is 9.59 Å². The van der Waals surface area contributed by atoms with Gasteiger partial charge in [0.1, 0.15) is 11.4 Å². The molecule has 1 rings (SSSR count). The van der Waals surface area contributed by atoms with E-state index in [1.54, 1.807) is 27.7 Å². The highest BCUT2D eigenvalue weighted by Crippen LogP contribution is 2.19. The highest BCUT2D eigenvalue weighted by molar-refractivity contribution is 5.95. The molecule has 0 atom stereocenters. The summed E-state index contributed by atoms with van der Waals surface area (Å²) in [5, 5.41) is 0. The number of benzene rings is 1. The molecule has 0 spiro atoms. The minimum atomic E-state index is -0.846.